The first-order valence-electron chi connectivity index (χ1n) is 10.7. The Morgan fingerprint density at radius 1 is 1.17 bits per heavy atom. The number of hydrogen-bond donors (Lipinski definition) is 1. The van der Waals surface area contributed by atoms with Gasteiger partial charge in [0, 0.05) is 38.9 Å². The summed E-state index contributed by atoms with van der Waals surface area (Å²) in [5, 5.41) is 3.09. The fourth-order valence-corrected chi connectivity index (χ4v) is 4.26. The number of fused-ring (bicyclic) bond motifs is 1. The number of amides is 1. The first kappa shape index (κ1) is 20.7. The third kappa shape index (κ3) is 4.77. The monoisotopic (exact) mass is 409 g/mol. The molecular weight excluding hydrogens is 378 g/mol. The van der Waals surface area contributed by atoms with Crippen molar-refractivity contribution in [2.45, 2.75) is 19.4 Å². The Morgan fingerprint density at radius 3 is 2.77 bits per heavy atom. The molecule has 0 spiro atoms. The third-order valence-corrected chi connectivity index (χ3v) is 6.05. The molecule has 1 N–H and O–H groups in total. The maximum Gasteiger partial charge on any atom is 0.258 e. The summed E-state index contributed by atoms with van der Waals surface area (Å²) in [6.45, 7) is 6.83. The van der Waals surface area contributed by atoms with Gasteiger partial charge in [-0.1, -0.05) is 30.3 Å². The molecule has 6 nitrogen and oxygen atoms in total. The molecule has 2 aliphatic heterocycles. The number of aryl methyl sites for hydroxylation is 1. The van der Waals surface area contributed by atoms with E-state index in [0.29, 0.717) is 6.54 Å². The van der Waals surface area contributed by atoms with Crippen molar-refractivity contribution >= 4 is 11.6 Å². The molecule has 0 bridgehead atoms. The quantitative estimate of drug-likeness (QED) is 0.762. The van der Waals surface area contributed by atoms with Gasteiger partial charge in [0.05, 0.1) is 19.3 Å². The first-order valence-corrected chi connectivity index (χ1v) is 10.7. The van der Waals surface area contributed by atoms with Crippen molar-refractivity contribution in [1.82, 2.24) is 10.2 Å². The van der Waals surface area contributed by atoms with E-state index in [1.807, 2.05) is 31.2 Å². The van der Waals surface area contributed by atoms with Gasteiger partial charge in [0.2, 0.25) is 0 Å². The molecular formula is C24H31N3O3. The smallest absolute Gasteiger partial charge is 0.258 e. The lowest BCUT2D eigenvalue weighted by molar-refractivity contribution is -0.123. The lowest BCUT2D eigenvalue weighted by Crippen LogP contribution is -2.44. The van der Waals surface area contributed by atoms with Crippen LogP contribution in [0.25, 0.3) is 0 Å². The minimum Gasteiger partial charge on any atom is -0.484 e. The molecule has 1 atom stereocenters. The molecule has 1 saturated heterocycles. The molecule has 2 aromatic rings. The van der Waals surface area contributed by atoms with Crippen LogP contribution in [0.3, 0.4) is 0 Å². The van der Waals surface area contributed by atoms with E-state index in [-0.39, 0.29) is 18.6 Å². The Labute approximate surface area is 178 Å². The Balaban J connectivity index is 1.41. The largest absolute Gasteiger partial charge is 0.484 e. The van der Waals surface area contributed by atoms with Gasteiger partial charge in [0.25, 0.3) is 5.91 Å². The normalized spacial score (nSPS) is 17.5. The van der Waals surface area contributed by atoms with E-state index in [2.05, 4.69) is 40.4 Å². The highest BCUT2D eigenvalue weighted by Gasteiger charge is 2.25. The zero-order chi connectivity index (χ0) is 20.9. The van der Waals surface area contributed by atoms with Gasteiger partial charge in [0.1, 0.15) is 5.75 Å². The van der Waals surface area contributed by atoms with Gasteiger partial charge in [-0.3, -0.25) is 9.69 Å². The predicted octanol–water partition coefficient (Wildman–Crippen LogP) is 2.56. The van der Waals surface area contributed by atoms with E-state index in [1.54, 1.807) is 0 Å². The van der Waals surface area contributed by atoms with Gasteiger partial charge >= 0.3 is 0 Å². The Hall–Kier alpha value is -2.57. The van der Waals surface area contributed by atoms with Gasteiger partial charge in [-0.25, -0.2) is 0 Å². The zero-order valence-corrected chi connectivity index (χ0v) is 17.9. The lowest BCUT2D eigenvalue weighted by atomic mass is 10.0. The van der Waals surface area contributed by atoms with Crippen molar-refractivity contribution < 1.29 is 14.3 Å². The lowest BCUT2D eigenvalue weighted by Gasteiger charge is -2.35. The molecule has 1 amide bonds. The number of hydrogen-bond acceptors (Lipinski definition) is 5. The second kappa shape index (κ2) is 9.49. The standard InChI is InChI=1S/C24H31N3O3/c1-18-5-3-4-6-23(18)30-17-24(28)25-16-22(27-11-13-29-14-12-27)19-7-8-21-20(15-19)9-10-26(21)2/h3-8,15,22H,9-14,16-17H2,1-2H3,(H,25,28). The van der Waals surface area contributed by atoms with Crippen LogP contribution in [0.15, 0.2) is 42.5 Å². The van der Waals surface area contributed by atoms with Crippen LogP contribution in [0.4, 0.5) is 5.69 Å². The Morgan fingerprint density at radius 2 is 1.97 bits per heavy atom. The molecule has 0 aliphatic carbocycles. The summed E-state index contributed by atoms with van der Waals surface area (Å²) in [5.41, 5.74) is 4.99. The molecule has 160 valence electrons. The topological polar surface area (TPSA) is 54.0 Å². The SMILES string of the molecule is Cc1ccccc1OCC(=O)NCC(c1ccc2c(c1)CCN2C)N1CCOCC1. The fraction of sp³-hybridized carbons (Fsp3) is 0.458. The second-order valence-corrected chi connectivity index (χ2v) is 8.08. The molecule has 2 aromatic carbocycles. The number of benzene rings is 2. The van der Waals surface area contributed by atoms with Crippen LogP contribution in [0.2, 0.25) is 0 Å². The first-order chi connectivity index (χ1) is 14.6. The number of nitrogens with zero attached hydrogens (tertiary/aromatic N) is 2. The number of ether oxygens (including phenoxy) is 2. The van der Waals surface area contributed by atoms with Crippen molar-refractivity contribution in [3.8, 4) is 5.75 Å². The number of anilines is 1. The zero-order valence-electron chi connectivity index (χ0n) is 17.9. The van der Waals surface area contributed by atoms with E-state index in [1.165, 1.54) is 16.8 Å². The minimum absolute atomic E-state index is 0.0235. The molecule has 30 heavy (non-hydrogen) atoms. The number of nitrogens with one attached hydrogen (secondary N) is 1. The molecule has 0 radical (unpaired) electrons. The van der Waals surface area contributed by atoms with Gasteiger partial charge in [-0.15, -0.1) is 0 Å². The van der Waals surface area contributed by atoms with Crippen LogP contribution in [0, 0.1) is 6.92 Å². The van der Waals surface area contributed by atoms with Gasteiger partial charge in [0.15, 0.2) is 6.61 Å². The van der Waals surface area contributed by atoms with Crippen molar-refractivity contribution in [2.75, 3.05) is 57.9 Å². The van der Waals surface area contributed by atoms with Crippen LogP contribution in [0.5, 0.6) is 5.75 Å². The highest BCUT2D eigenvalue weighted by Crippen LogP contribution is 2.31. The van der Waals surface area contributed by atoms with Crippen molar-refractivity contribution in [2.24, 2.45) is 0 Å². The fourth-order valence-electron chi connectivity index (χ4n) is 4.26. The van der Waals surface area contributed by atoms with Crippen LogP contribution < -0.4 is 15.0 Å². The highest BCUT2D eigenvalue weighted by molar-refractivity contribution is 5.77. The maximum atomic E-state index is 12.5. The van der Waals surface area contributed by atoms with Gasteiger partial charge < -0.3 is 19.7 Å². The van der Waals surface area contributed by atoms with Crippen molar-refractivity contribution in [1.29, 1.82) is 0 Å². The van der Waals surface area contributed by atoms with Gasteiger partial charge in [-0.05, 0) is 42.2 Å². The minimum atomic E-state index is -0.0996. The molecule has 0 aromatic heterocycles. The molecule has 1 fully saturated rings. The average molecular weight is 410 g/mol. The summed E-state index contributed by atoms with van der Waals surface area (Å²) in [4.78, 5) is 17.2. The summed E-state index contributed by atoms with van der Waals surface area (Å²) < 4.78 is 11.2. The van der Waals surface area contributed by atoms with Gasteiger partial charge in [-0.2, -0.15) is 0 Å². The summed E-state index contributed by atoms with van der Waals surface area (Å²) in [6.07, 6.45) is 1.08. The van der Waals surface area contributed by atoms with E-state index < -0.39 is 0 Å². The second-order valence-electron chi connectivity index (χ2n) is 8.08. The van der Waals surface area contributed by atoms with Crippen LogP contribution in [-0.2, 0) is 16.0 Å². The van der Waals surface area contributed by atoms with E-state index in [9.17, 15) is 4.79 Å². The highest BCUT2D eigenvalue weighted by atomic mass is 16.5. The number of likely N-dealkylation sites (N-methyl/N-ethyl adjacent to an activating group) is 1. The van der Waals surface area contributed by atoms with Crippen LogP contribution >= 0.6 is 0 Å². The Bertz CT molecular complexity index is 880. The van der Waals surface area contributed by atoms with Crippen molar-refractivity contribution in [3.63, 3.8) is 0 Å². The summed E-state index contributed by atoms with van der Waals surface area (Å²) in [5.74, 6) is 0.650. The maximum absolute atomic E-state index is 12.5. The van der Waals surface area contributed by atoms with Crippen LogP contribution in [-0.4, -0.2) is 63.9 Å². The summed E-state index contributed by atoms with van der Waals surface area (Å²) in [6, 6.07) is 14.6. The Kier molecular flexibility index (Phi) is 6.55. The van der Waals surface area contributed by atoms with E-state index >= 15 is 0 Å². The number of morpholine rings is 1. The van der Waals surface area contributed by atoms with Crippen LogP contribution in [0.1, 0.15) is 22.7 Å². The number of carbonyl (C=O) groups excluding carboxylic acids is 1. The molecule has 2 aliphatic rings. The number of rotatable bonds is 7. The molecule has 6 heteroatoms. The summed E-state index contributed by atoms with van der Waals surface area (Å²) in [7, 11) is 2.14. The van der Waals surface area contributed by atoms with E-state index in [4.69, 9.17) is 9.47 Å². The average Bonchev–Trinajstić information content (AvgIpc) is 3.14. The predicted molar refractivity (Wildman–Crippen MR) is 118 cm³/mol. The number of para-hydroxylation sites is 1. The third-order valence-electron chi connectivity index (χ3n) is 6.05. The number of carbonyl (C=O) groups is 1. The molecule has 2 heterocycles. The molecule has 0 saturated carbocycles. The van der Waals surface area contributed by atoms with E-state index in [0.717, 1.165) is 50.6 Å². The molecule has 1 unspecified atom stereocenters. The molecule has 4 rings (SSSR count). The summed E-state index contributed by atoms with van der Waals surface area (Å²) >= 11 is 0. The van der Waals surface area contributed by atoms with Crippen molar-refractivity contribution in [3.05, 3.63) is 59.2 Å².